The van der Waals surface area contributed by atoms with E-state index in [2.05, 4.69) is 66.8 Å². The van der Waals surface area contributed by atoms with E-state index in [1.165, 1.54) is 5.57 Å². The van der Waals surface area contributed by atoms with Crippen LogP contribution in [0.1, 0.15) is 53.5 Å². The van der Waals surface area contributed by atoms with E-state index in [1.807, 2.05) is 24.7 Å². The van der Waals surface area contributed by atoms with Gasteiger partial charge in [0.05, 0.1) is 18.5 Å². The number of allylic oxidation sites excluding steroid dienone is 4. The number of aromatic nitrogens is 4. The van der Waals surface area contributed by atoms with Crippen molar-refractivity contribution in [3.63, 3.8) is 0 Å². The molecule has 7 nitrogen and oxygen atoms in total. The van der Waals surface area contributed by atoms with E-state index < -0.39 is 6.10 Å². The van der Waals surface area contributed by atoms with Gasteiger partial charge in [-0.3, -0.25) is 0 Å². The van der Waals surface area contributed by atoms with Crippen LogP contribution in [0.5, 0.6) is 0 Å². The molecule has 0 fully saturated rings. The van der Waals surface area contributed by atoms with Gasteiger partial charge in [-0.15, -0.1) is 0 Å². The molecule has 1 aliphatic carbocycles. The fraction of sp³-hybridized carbons (Fsp3) is 0.522. The van der Waals surface area contributed by atoms with Crippen molar-refractivity contribution < 1.29 is 5.11 Å². The fourth-order valence-electron chi connectivity index (χ4n) is 3.48. The fourth-order valence-corrected chi connectivity index (χ4v) is 3.48. The van der Waals surface area contributed by atoms with Gasteiger partial charge in [0.2, 0.25) is 5.95 Å². The molecule has 2 aromatic heterocycles. The molecule has 3 N–H and O–H groups in total. The third-order valence-corrected chi connectivity index (χ3v) is 5.36. The van der Waals surface area contributed by atoms with Crippen LogP contribution in [-0.2, 0) is 0 Å². The lowest BCUT2D eigenvalue weighted by atomic mass is 9.98. The van der Waals surface area contributed by atoms with Gasteiger partial charge in [-0.1, -0.05) is 51.2 Å². The van der Waals surface area contributed by atoms with Crippen molar-refractivity contribution >= 4 is 22.9 Å². The highest BCUT2D eigenvalue weighted by Gasteiger charge is 2.23. The van der Waals surface area contributed by atoms with Crippen molar-refractivity contribution in [2.75, 3.05) is 17.2 Å². The van der Waals surface area contributed by atoms with Gasteiger partial charge >= 0.3 is 0 Å². The highest BCUT2D eigenvalue weighted by molar-refractivity contribution is 5.84. The predicted octanol–water partition coefficient (Wildman–Crippen LogP) is 4.47. The molecule has 0 aromatic carbocycles. The summed E-state index contributed by atoms with van der Waals surface area (Å²) < 4.78 is 2.04. The third-order valence-electron chi connectivity index (χ3n) is 5.36. The number of anilines is 2. The standard InChI is InChI=1S/C23H34N6O/c1-6-18(20(30)15(2)3)26-23-27-21(24-13-17-11-9-7-8-10-12-17)19-22(28-23)29(14-25-19)16(4)5/h7-9,11-12,14-16,18,20,30H,6,10,13H2,1-5H3,(H2,24,26,27,28). The Hall–Kier alpha value is -2.67. The molecule has 2 heterocycles. The maximum Gasteiger partial charge on any atom is 0.227 e. The lowest BCUT2D eigenvalue weighted by Crippen LogP contribution is -2.37. The minimum absolute atomic E-state index is 0.121. The van der Waals surface area contributed by atoms with Crippen LogP contribution in [0.2, 0.25) is 0 Å². The number of nitrogens with zero attached hydrogens (tertiary/aromatic N) is 4. The molecule has 7 heteroatoms. The van der Waals surface area contributed by atoms with Crippen molar-refractivity contribution in [2.45, 2.75) is 65.6 Å². The Morgan fingerprint density at radius 2 is 1.97 bits per heavy atom. The molecular formula is C23H34N6O. The Bertz CT molecular complexity index is 941. The average Bonchev–Trinajstić information content (AvgIpc) is 2.98. The van der Waals surface area contributed by atoms with Gasteiger partial charge in [-0.25, -0.2) is 4.98 Å². The Morgan fingerprint density at radius 1 is 1.17 bits per heavy atom. The molecule has 0 spiro atoms. The second-order valence-corrected chi connectivity index (χ2v) is 8.36. The SMILES string of the molecule is CCC(Nc1nc(NCC2=CCC=CC=C2)c2ncn(C(C)C)c2n1)C(O)C(C)C. The van der Waals surface area contributed by atoms with E-state index in [0.717, 1.165) is 24.0 Å². The Balaban J connectivity index is 1.93. The molecule has 0 amide bonds. The second kappa shape index (κ2) is 9.89. The molecule has 30 heavy (non-hydrogen) atoms. The molecule has 0 radical (unpaired) electrons. The van der Waals surface area contributed by atoms with E-state index in [1.54, 1.807) is 0 Å². The molecule has 162 valence electrons. The van der Waals surface area contributed by atoms with Gasteiger partial charge in [-0.2, -0.15) is 9.97 Å². The van der Waals surface area contributed by atoms with Gasteiger partial charge in [0.15, 0.2) is 17.0 Å². The average molecular weight is 411 g/mol. The van der Waals surface area contributed by atoms with Gasteiger partial charge < -0.3 is 20.3 Å². The maximum atomic E-state index is 10.6. The summed E-state index contributed by atoms with van der Waals surface area (Å²) in [5.41, 5.74) is 2.74. The predicted molar refractivity (Wildman–Crippen MR) is 124 cm³/mol. The van der Waals surface area contributed by atoms with Crippen LogP contribution >= 0.6 is 0 Å². The van der Waals surface area contributed by atoms with Crippen LogP contribution in [0, 0.1) is 5.92 Å². The van der Waals surface area contributed by atoms with E-state index in [9.17, 15) is 5.11 Å². The number of aliphatic hydroxyl groups excluding tert-OH is 1. The summed E-state index contributed by atoms with van der Waals surface area (Å²) in [5, 5.41) is 17.4. The van der Waals surface area contributed by atoms with Crippen LogP contribution in [0.4, 0.5) is 11.8 Å². The molecule has 1 aliphatic rings. The number of fused-ring (bicyclic) bond motifs is 1. The molecule has 2 atom stereocenters. The van der Waals surface area contributed by atoms with Crippen LogP contribution in [-0.4, -0.2) is 43.3 Å². The smallest absolute Gasteiger partial charge is 0.227 e. The highest BCUT2D eigenvalue weighted by Crippen LogP contribution is 2.25. The van der Waals surface area contributed by atoms with Crippen molar-refractivity contribution in [3.8, 4) is 0 Å². The number of imidazole rings is 1. The van der Waals surface area contributed by atoms with Crippen LogP contribution < -0.4 is 10.6 Å². The second-order valence-electron chi connectivity index (χ2n) is 8.36. The summed E-state index contributed by atoms with van der Waals surface area (Å²) in [6, 6.07) is 0.108. The van der Waals surface area contributed by atoms with Gasteiger partial charge in [0, 0.05) is 12.6 Å². The molecule has 2 unspecified atom stereocenters. The summed E-state index contributed by atoms with van der Waals surface area (Å²) >= 11 is 0. The first-order valence-electron chi connectivity index (χ1n) is 10.9. The lowest BCUT2D eigenvalue weighted by molar-refractivity contribution is 0.103. The number of nitrogens with one attached hydrogen (secondary N) is 2. The highest BCUT2D eigenvalue weighted by atomic mass is 16.3. The number of aliphatic hydroxyl groups is 1. The van der Waals surface area contributed by atoms with E-state index in [-0.39, 0.29) is 18.0 Å². The maximum absolute atomic E-state index is 10.6. The number of rotatable bonds is 9. The zero-order valence-electron chi connectivity index (χ0n) is 18.6. The number of hydrogen-bond donors (Lipinski definition) is 3. The largest absolute Gasteiger partial charge is 0.391 e. The summed E-state index contributed by atoms with van der Waals surface area (Å²) in [6.07, 6.45) is 13.6. The van der Waals surface area contributed by atoms with Crippen molar-refractivity contribution in [2.24, 2.45) is 5.92 Å². The molecule has 0 saturated heterocycles. The Morgan fingerprint density at radius 3 is 2.67 bits per heavy atom. The third kappa shape index (κ3) is 5.08. The first-order chi connectivity index (χ1) is 14.4. The molecule has 0 bridgehead atoms. The summed E-state index contributed by atoms with van der Waals surface area (Å²) in [6.45, 7) is 11.0. The van der Waals surface area contributed by atoms with Crippen LogP contribution in [0.3, 0.4) is 0 Å². The zero-order valence-corrected chi connectivity index (χ0v) is 18.6. The Labute approximate surface area is 179 Å². The van der Waals surface area contributed by atoms with Crippen molar-refractivity contribution in [1.29, 1.82) is 0 Å². The van der Waals surface area contributed by atoms with Gasteiger partial charge in [0.25, 0.3) is 0 Å². The molecule has 3 rings (SSSR count). The van der Waals surface area contributed by atoms with Crippen molar-refractivity contribution in [1.82, 2.24) is 19.5 Å². The van der Waals surface area contributed by atoms with E-state index in [4.69, 9.17) is 9.97 Å². The Kier molecular flexibility index (Phi) is 7.26. The monoisotopic (exact) mass is 410 g/mol. The topological polar surface area (TPSA) is 87.9 Å². The van der Waals surface area contributed by atoms with Gasteiger partial charge in [-0.05, 0) is 38.2 Å². The number of hydrogen-bond acceptors (Lipinski definition) is 6. The molecule has 0 aliphatic heterocycles. The normalized spacial score (nSPS) is 16.1. The van der Waals surface area contributed by atoms with E-state index in [0.29, 0.717) is 18.3 Å². The van der Waals surface area contributed by atoms with Gasteiger partial charge in [0.1, 0.15) is 0 Å². The molecule has 2 aromatic rings. The molecule has 0 saturated carbocycles. The van der Waals surface area contributed by atoms with E-state index >= 15 is 0 Å². The minimum Gasteiger partial charge on any atom is -0.391 e. The lowest BCUT2D eigenvalue weighted by Gasteiger charge is -2.26. The first-order valence-corrected chi connectivity index (χ1v) is 10.9. The molecular weight excluding hydrogens is 376 g/mol. The zero-order chi connectivity index (χ0) is 21.7. The first kappa shape index (κ1) is 22.0. The summed E-state index contributed by atoms with van der Waals surface area (Å²) in [4.78, 5) is 14.0. The minimum atomic E-state index is -0.477. The summed E-state index contributed by atoms with van der Waals surface area (Å²) in [7, 11) is 0. The summed E-state index contributed by atoms with van der Waals surface area (Å²) in [5.74, 6) is 1.35. The van der Waals surface area contributed by atoms with Crippen LogP contribution in [0.25, 0.3) is 11.2 Å². The quantitative estimate of drug-likeness (QED) is 0.565. The van der Waals surface area contributed by atoms with Crippen LogP contribution in [0.15, 0.2) is 42.3 Å². The van der Waals surface area contributed by atoms with Crippen molar-refractivity contribution in [3.05, 3.63) is 42.3 Å².